The van der Waals surface area contributed by atoms with Gasteiger partial charge in [-0.2, -0.15) is 0 Å². The highest BCUT2D eigenvalue weighted by Crippen LogP contribution is 2.24. The van der Waals surface area contributed by atoms with Crippen molar-refractivity contribution in [3.63, 3.8) is 0 Å². The molecule has 1 aliphatic rings. The zero-order chi connectivity index (χ0) is 17.3. The van der Waals surface area contributed by atoms with E-state index < -0.39 is 0 Å². The molecule has 25 heavy (non-hydrogen) atoms. The predicted octanol–water partition coefficient (Wildman–Crippen LogP) is 6.28. The van der Waals surface area contributed by atoms with Crippen LogP contribution in [0.5, 0.6) is 0 Å². The van der Waals surface area contributed by atoms with Crippen molar-refractivity contribution in [2.45, 2.75) is 90.0 Å². The third-order valence-electron chi connectivity index (χ3n) is 5.55. The fourth-order valence-corrected chi connectivity index (χ4v) is 3.94. The van der Waals surface area contributed by atoms with E-state index in [-0.39, 0.29) is 0 Å². The fourth-order valence-electron chi connectivity index (χ4n) is 3.94. The number of nitrogens with one attached hydrogen (secondary N) is 1. The van der Waals surface area contributed by atoms with Crippen LogP contribution >= 0.6 is 0 Å². The Bertz CT molecular complexity index is 641. The molecule has 3 nitrogen and oxygen atoms in total. The van der Waals surface area contributed by atoms with Crippen LogP contribution < -0.4 is 5.32 Å². The first kappa shape index (κ1) is 18.2. The van der Waals surface area contributed by atoms with Crippen LogP contribution in [-0.2, 0) is 6.42 Å². The smallest absolute Gasteiger partial charge is 0.137 e. The Hall–Kier alpha value is -1.64. The molecule has 1 aliphatic carbocycles. The summed E-state index contributed by atoms with van der Waals surface area (Å²) in [6.07, 6.45) is 17.8. The van der Waals surface area contributed by atoms with Gasteiger partial charge in [0.25, 0.3) is 0 Å². The fraction of sp³-hybridized carbons (Fsp3) is 0.636. The molecule has 3 heteroatoms. The zero-order valence-corrected chi connectivity index (χ0v) is 15.8. The number of aryl methyl sites for hydroxylation is 1. The lowest BCUT2D eigenvalue weighted by molar-refractivity contribution is 0.480. The van der Waals surface area contributed by atoms with Gasteiger partial charge in [0.05, 0.1) is 5.52 Å². The third-order valence-corrected chi connectivity index (χ3v) is 5.55. The summed E-state index contributed by atoms with van der Waals surface area (Å²) >= 11 is 0. The van der Waals surface area contributed by atoms with Crippen LogP contribution in [0.25, 0.3) is 10.9 Å². The Morgan fingerprint density at radius 3 is 2.16 bits per heavy atom. The van der Waals surface area contributed by atoms with Crippen molar-refractivity contribution >= 4 is 16.7 Å². The quantitative estimate of drug-likeness (QED) is 0.715. The zero-order valence-electron chi connectivity index (χ0n) is 15.8. The monoisotopic (exact) mass is 339 g/mol. The minimum atomic E-state index is 0.544. The summed E-state index contributed by atoms with van der Waals surface area (Å²) in [5, 5.41) is 4.95. The molecule has 1 heterocycles. The lowest BCUT2D eigenvalue weighted by Crippen LogP contribution is -2.20. The Morgan fingerprint density at radius 2 is 1.52 bits per heavy atom. The molecule has 1 fully saturated rings. The second-order valence-corrected chi connectivity index (χ2v) is 7.53. The molecular weight excluding hydrogens is 306 g/mol. The van der Waals surface area contributed by atoms with Gasteiger partial charge in [0.2, 0.25) is 0 Å². The normalized spacial score (nSPS) is 18.4. The Balaban J connectivity index is 1.72. The van der Waals surface area contributed by atoms with E-state index in [1.807, 2.05) is 0 Å². The van der Waals surface area contributed by atoms with E-state index in [4.69, 9.17) is 0 Å². The van der Waals surface area contributed by atoms with Crippen molar-refractivity contribution in [3.05, 3.63) is 30.1 Å². The Morgan fingerprint density at radius 1 is 0.880 bits per heavy atom. The van der Waals surface area contributed by atoms with E-state index in [1.165, 1.54) is 81.6 Å². The second-order valence-electron chi connectivity index (χ2n) is 7.53. The van der Waals surface area contributed by atoms with Crippen LogP contribution in [0, 0.1) is 0 Å². The van der Waals surface area contributed by atoms with Crippen LogP contribution in [0.4, 0.5) is 5.82 Å². The van der Waals surface area contributed by atoms with Gasteiger partial charge in [0, 0.05) is 11.4 Å². The Labute approximate surface area is 152 Å². The first-order valence-corrected chi connectivity index (χ1v) is 10.4. The van der Waals surface area contributed by atoms with Crippen LogP contribution in [0.2, 0.25) is 0 Å². The molecule has 1 aromatic heterocycles. The largest absolute Gasteiger partial charge is 0.367 e. The molecule has 1 aromatic carbocycles. The predicted molar refractivity (Wildman–Crippen MR) is 107 cm³/mol. The van der Waals surface area contributed by atoms with Gasteiger partial charge in [0.15, 0.2) is 0 Å². The molecule has 0 unspecified atom stereocenters. The van der Waals surface area contributed by atoms with Gasteiger partial charge in [-0.15, -0.1) is 0 Å². The van der Waals surface area contributed by atoms with Crippen LogP contribution in [0.3, 0.4) is 0 Å². The van der Waals surface area contributed by atoms with Gasteiger partial charge in [-0.25, -0.2) is 9.97 Å². The number of hydrogen-bond donors (Lipinski definition) is 1. The van der Waals surface area contributed by atoms with Gasteiger partial charge in [0.1, 0.15) is 12.1 Å². The van der Waals surface area contributed by atoms with E-state index in [9.17, 15) is 0 Å². The first-order chi connectivity index (χ1) is 12.4. The summed E-state index contributed by atoms with van der Waals surface area (Å²) in [5.74, 6) is 1.03. The number of benzene rings is 1. The number of anilines is 1. The van der Waals surface area contributed by atoms with Crippen LogP contribution in [0.1, 0.15) is 83.1 Å². The SMILES string of the molecule is CCc1ccc2ncnc(NC3CCCCCCCCCCC3)c2c1. The molecule has 136 valence electrons. The van der Waals surface area contributed by atoms with Crippen molar-refractivity contribution in [3.8, 4) is 0 Å². The second kappa shape index (κ2) is 9.74. The molecule has 0 bridgehead atoms. The van der Waals surface area contributed by atoms with Crippen molar-refractivity contribution in [1.82, 2.24) is 9.97 Å². The molecule has 0 saturated heterocycles. The number of aromatic nitrogens is 2. The maximum absolute atomic E-state index is 4.58. The average molecular weight is 340 g/mol. The minimum absolute atomic E-state index is 0.544. The van der Waals surface area contributed by atoms with E-state index in [2.05, 4.69) is 40.4 Å². The minimum Gasteiger partial charge on any atom is -0.367 e. The maximum Gasteiger partial charge on any atom is 0.137 e. The van der Waals surface area contributed by atoms with Gasteiger partial charge < -0.3 is 5.32 Å². The number of hydrogen-bond acceptors (Lipinski definition) is 3. The summed E-state index contributed by atoms with van der Waals surface area (Å²) in [5.41, 5.74) is 2.40. The number of fused-ring (bicyclic) bond motifs is 1. The number of rotatable bonds is 3. The molecular formula is C22H33N3. The highest BCUT2D eigenvalue weighted by molar-refractivity contribution is 5.89. The third kappa shape index (κ3) is 5.42. The highest BCUT2D eigenvalue weighted by atomic mass is 15.0. The highest BCUT2D eigenvalue weighted by Gasteiger charge is 2.12. The maximum atomic E-state index is 4.58. The topological polar surface area (TPSA) is 37.8 Å². The molecule has 0 amide bonds. The van der Waals surface area contributed by atoms with Crippen molar-refractivity contribution in [2.24, 2.45) is 0 Å². The van der Waals surface area contributed by atoms with Crippen LogP contribution in [0.15, 0.2) is 24.5 Å². The summed E-state index contributed by atoms with van der Waals surface area (Å²) in [4.78, 5) is 9.03. The molecule has 1 saturated carbocycles. The van der Waals surface area contributed by atoms with Crippen LogP contribution in [-0.4, -0.2) is 16.0 Å². The van der Waals surface area contributed by atoms with Gasteiger partial charge in [-0.1, -0.05) is 70.8 Å². The molecule has 0 aliphatic heterocycles. The molecule has 3 rings (SSSR count). The average Bonchev–Trinajstić information content (AvgIpc) is 2.64. The molecule has 0 radical (unpaired) electrons. The summed E-state index contributed by atoms with van der Waals surface area (Å²) in [6, 6.07) is 7.10. The molecule has 0 atom stereocenters. The summed E-state index contributed by atoms with van der Waals surface area (Å²) in [7, 11) is 0. The molecule has 1 N–H and O–H groups in total. The lowest BCUT2D eigenvalue weighted by Gasteiger charge is -2.21. The summed E-state index contributed by atoms with van der Waals surface area (Å²) in [6.45, 7) is 2.20. The first-order valence-electron chi connectivity index (χ1n) is 10.4. The number of nitrogens with zero attached hydrogens (tertiary/aromatic N) is 2. The molecule has 2 aromatic rings. The summed E-state index contributed by atoms with van der Waals surface area (Å²) < 4.78 is 0. The van der Waals surface area contributed by atoms with E-state index in [1.54, 1.807) is 6.33 Å². The van der Waals surface area contributed by atoms with Gasteiger partial charge >= 0.3 is 0 Å². The van der Waals surface area contributed by atoms with Crippen molar-refractivity contribution in [1.29, 1.82) is 0 Å². The van der Waals surface area contributed by atoms with Crippen molar-refractivity contribution < 1.29 is 0 Å². The standard InChI is InChI=1S/C22H33N3/c1-2-18-14-15-21-20(16-18)22(24-17-23-21)25-19-12-10-8-6-4-3-5-7-9-11-13-19/h14-17,19H,2-13H2,1H3,(H,23,24,25). The van der Waals surface area contributed by atoms with E-state index in [0.717, 1.165) is 17.8 Å². The Kier molecular flexibility index (Phi) is 7.08. The lowest BCUT2D eigenvalue weighted by atomic mass is 9.98. The van der Waals surface area contributed by atoms with Gasteiger partial charge in [-0.05, 0) is 37.0 Å². The van der Waals surface area contributed by atoms with Gasteiger partial charge in [-0.3, -0.25) is 0 Å². The van der Waals surface area contributed by atoms with Crippen molar-refractivity contribution in [2.75, 3.05) is 5.32 Å². The van der Waals surface area contributed by atoms with E-state index >= 15 is 0 Å². The molecule has 0 spiro atoms. The van der Waals surface area contributed by atoms with E-state index in [0.29, 0.717) is 6.04 Å².